The van der Waals surface area contributed by atoms with Crippen LogP contribution in [-0.4, -0.2) is 37.8 Å². The Hall–Kier alpha value is -1.99. The molecule has 122 valence electrons. The van der Waals surface area contributed by atoms with Crippen molar-refractivity contribution in [2.75, 3.05) is 12.4 Å². The molecule has 0 bridgehead atoms. The van der Waals surface area contributed by atoms with Gasteiger partial charge in [-0.15, -0.1) is 0 Å². The summed E-state index contributed by atoms with van der Waals surface area (Å²) in [6.45, 7) is 0.570. The summed E-state index contributed by atoms with van der Waals surface area (Å²) in [4.78, 5) is 16.4. The molecule has 1 aromatic heterocycles. The minimum absolute atomic E-state index is 0.0804. The van der Waals surface area contributed by atoms with Crippen molar-refractivity contribution in [2.24, 2.45) is 0 Å². The lowest BCUT2D eigenvalue weighted by Crippen LogP contribution is -2.38. The molecular formula is C16H18N2O4S. The highest BCUT2D eigenvalue weighted by molar-refractivity contribution is 7.90. The van der Waals surface area contributed by atoms with Crippen molar-refractivity contribution >= 4 is 26.8 Å². The maximum atomic E-state index is 12.2. The second-order valence-electron chi connectivity index (χ2n) is 5.59. The average Bonchev–Trinajstić information content (AvgIpc) is 2.54. The van der Waals surface area contributed by atoms with Gasteiger partial charge in [-0.25, -0.2) is 18.1 Å². The molecular weight excluding hydrogens is 316 g/mol. The molecule has 6 nitrogen and oxygen atoms in total. The molecule has 1 aliphatic heterocycles. The van der Waals surface area contributed by atoms with Gasteiger partial charge in [0.1, 0.15) is 5.69 Å². The van der Waals surface area contributed by atoms with Gasteiger partial charge in [0, 0.05) is 12.0 Å². The van der Waals surface area contributed by atoms with Crippen LogP contribution in [0.3, 0.4) is 0 Å². The summed E-state index contributed by atoms with van der Waals surface area (Å²) in [7, 11) is -3.75. The topological polar surface area (TPSA) is 85.4 Å². The number of hydrogen-bond donors (Lipinski definition) is 1. The molecule has 1 atom stereocenters. The van der Waals surface area contributed by atoms with E-state index >= 15 is 0 Å². The van der Waals surface area contributed by atoms with Crippen molar-refractivity contribution in [3.05, 3.63) is 42.1 Å². The van der Waals surface area contributed by atoms with Gasteiger partial charge in [0.25, 0.3) is 5.91 Å². The highest BCUT2D eigenvalue weighted by atomic mass is 32.2. The van der Waals surface area contributed by atoms with Crippen LogP contribution in [0.2, 0.25) is 0 Å². The van der Waals surface area contributed by atoms with Crippen LogP contribution >= 0.6 is 0 Å². The molecule has 1 aromatic carbocycles. The normalized spacial score (nSPS) is 18.7. The average molecular weight is 334 g/mol. The van der Waals surface area contributed by atoms with Crippen molar-refractivity contribution in [1.82, 2.24) is 9.71 Å². The Labute approximate surface area is 134 Å². The molecule has 0 aliphatic carbocycles. The van der Waals surface area contributed by atoms with Gasteiger partial charge in [-0.2, -0.15) is 0 Å². The first-order valence-corrected chi connectivity index (χ1v) is 9.21. The number of carbonyl (C=O) groups excluding carboxylic acids is 1. The Morgan fingerprint density at radius 2 is 2.04 bits per heavy atom. The third kappa shape index (κ3) is 4.05. The fraction of sp³-hybridized carbons (Fsp3) is 0.375. The molecule has 2 heterocycles. The number of nitrogens with zero attached hydrogens (tertiary/aromatic N) is 1. The van der Waals surface area contributed by atoms with Crippen LogP contribution < -0.4 is 4.72 Å². The number of benzene rings is 1. The zero-order chi connectivity index (χ0) is 16.3. The fourth-order valence-corrected chi connectivity index (χ4v) is 3.83. The maximum Gasteiger partial charge on any atom is 0.283 e. The predicted octanol–water partition coefficient (Wildman–Crippen LogP) is 1.86. The van der Waals surface area contributed by atoms with Gasteiger partial charge in [0.15, 0.2) is 0 Å². The van der Waals surface area contributed by atoms with Gasteiger partial charge >= 0.3 is 0 Å². The Morgan fingerprint density at radius 1 is 1.22 bits per heavy atom. The molecule has 23 heavy (non-hydrogen) atoms. The molecule has 1 saturated heterocycles. The summed E-state index contributed by atoms with van der Waals surface area (Å²) in [6.07, 6.45) is 2.24. The van der Waals surface area contributed by atoms with Crippen molar-refractivity contribution in [3.63, 3.8) is 0 Å². The standard InChI is InChI=1S/C16H18N2O4S/c19-16(15-9-8-12-5-1-2-7-14(12)17-15)18-23(20,21)11-13-6-3-4-10-22-13/h1-2,5,7-9,13H,3-4,6,10-11H2,(H,18,19)/t13-/m1/s1. The summed E-state index contributed by atoms with van der Waals surface area (Å²) in [5.41, 5.74) is 0.727. The minimum atomic E-state index is -3.75. The lowest BCUT2D eigenvalue weighted by molar-refractivity contribution is 0.0304. The molecule has 7 heteroatoms. The number of amides is 1. The Kier molecular flexibility index (Phi) is 4.58. The van der Waals surface area contributed by atoms with Crippen LogP contribution in [0.1, 0.15) is 29.8 Å². The number of nitrogens with one attached hydrogen (secondary N) is 1. The number of fused-ring (bicyclic) bond motifs is 1. The summed E-state index contributed by atoms with van der Waals surface area (Å²) < 4.78 is 31.7. The Bertz CT molecular complexity index is 814. The zero-order valence-electron chi connectivity index (χ0n) is 12.6. The van der Waals surface area contributed by atoms with Gasteiger partial charge in [0.05, 0.1) is 17.4 Å². The number of carbonyl (C=O) groups is 1. The maximum absolute atomic E-state index is 12.2. The monoisotopic (exact) mass is 334 g/mol. The van der Waals surface area contributed by atoms with Crippen LogP contribution in [0, 0.1) is 0 Å². The van der Waals surface area contributed by atoms with Crippen molar-refractivity contribution in [1.29, 1.82) is 0 Å². The number of para-hydroxylation sites is 1. The van der Waals surface area contributed by atoms with Crippen LogP contribution in [-0.2, 0) is 14.8 Å². The number of ether oxygens (including phenoxy) is 1. The van der Waals surface area contributed by atoms with Crippen molar-refractivity contribution in [2.45, 2.75) is 25.4 Å². The van der Waals surface area contributed by atoms with E-state index in [0.717, 1.165) is 18.2 Å². The molecule has 1 amide bonds. The van der Waals surface area contributed by atoms with E-state index in [1.807, 2.05) is 18.2 Å². The van der Waals surface area contributed by atoms with Crippen LogP contribution in [0.4, 0.5) is 0 Å². The first kappa shape index (κ1) is 15.9. The van der Waals surface area contributed by atoms with E-state index in [4.69, 9.17) is 4.74 Å². The molecule has 1 aliphatic rings. The van der Waals surface area contributed by atoms with E-state index in [1.165, 1.54) is 6.07 Å². The second-order valence-corrected chi connectivity index (χ2v) is 7.36. The second kappa shape index (κ2) is 6.64. The summed E-state index contributed by atoms with van der Waals surface area (Å²) in [6, 6.07) is 10.6. The third-order valence-electron chi connectivity index (χ3n) is 3.76. The SMILES string of the molecule is O=C(NS(=O)(=O)C[C@H]1CCCCO1)c1ccc2ccccc2n1. The highest BCUT2D eigenvalue weighted by Crippen LogP contribution is 2.15. The van der Waals surface area contributed by atoms with E-state index in [1.54, 1.807) is 12.1 Å². The lowest BCUT2D eigenvalue weighted by Gasteiger charge is -2.22. The summed E-state index contributed by atoms with van der Waals surface area (Å²) in [5, 5.41) is 0.891. The minimum Gasteiger partial charge on any atom is -0.377 e. The Morgan fingerprint density at radius 3 is 2.83 bits per heavy atom. The zero-order valence-corrected chi connectivity index (χ0v) is 13.4. The molecule has 0 saturated carbocycles. The molecule has 1 fully saturated rings. The van der Waals surface area contributed by atoms with Gasteiger partial charge in [-0.1, -0.05) is 24.3 Å². The van der Waals surface area contributed by atoms with E-state index in [0.29, 0.717) is 18.5 Å². The third-order valence-corrected chi connectivity index (χ3v) is 5.07. The highest BCUT2D eigenvalue weighted by Gasteiger charge is 2.24. The fourth-order valence-electron chi connectivity index (χ4n) is 2.61. The number of sulfonamides is 1. The number of pyridine rings is 1. The van der Waals surface area contributed by atoms with E-state index in [-0.39, 0.29) is 17.6 Å². The summed E-state index contributed by atoms with van der Waals surface area (Å²) in [5.74, 6) is -0.918. The number of rotatable bonds is 4. The van der Waals surface area contributed by atoms with Gasteiger partial charge in [-0.3, -0.25) is 4.79 Å². The van der Waals surface area contributed by atoms with Gasteiger partial charge in [-0.05, 0) is 31.4 Å². The van der Waals surface area contributed by atoms with Gasteiger partial charge in [0.2, 0.25) is 10.0 Å². The first-order chi connectivity index (χ1) is 11.0. The number of aromatic nitrogens is 1. The summed E-state index contributed by atoms with van der Waals surface area (Å²) >= 11 is 0. The first-order valence-electron chi connectivity index (χ1n) is 7.56. The quantitative estimate of drug-likeness (QED) is 0.922. The van der Waals surface area contributed by atoms with Crippen LogP contribution in [0.5, 0.6) is 0 Å². The smallest absolute Gasteiger partial charge is 0.283 e. The molecule has 0 spiro atoms. The molecule has 0 radical (unpaired) electrons. The lowest BCUT2D eigenvalue weighted by atomic mass is 10.1. The Balaban J connectivity index is 1.71. The molecule has 2 aromatic rings. The molecule has 1 N–H and O–H groups in total. The van der Waals surface area contributed by atoms with Crippen LogP contribution in [0.15, 0.2) is 36.4 Å². The predicted molar refractivity (Wildman–Crippen MR) is 86.6 cm³/mol. The number of hydrogen-bond acceptors (Lipinski definition) is 5. The molecule has 0 unspecified atom stereocenters. The largest absolute Gasteiger partial charge is 0.377 e. The van der Waals surface area contributed by atoms with Crippen LogP contribution in [0.25, 0.3) is 10.9 Å². The molecule has 3 rings (SSSR count). The van der Waals surface area contributed by atoms with Crippen molar-refractivity contribution in [3.8, 4) is 0 Å². The van der Waals surface area contributed by atoms with Crippen molar-refractivity contribution < 1.29 is 17.9 Å². The van der Waals surface area contributed by atoms with E-state index < -0.39 is 15.9 Å². The van der Waals surface area contributed by atoms with E-state index in [9.17, 15) is 13.2 Å². The van der Waals surface area contributed by atoms with E-state index in [2.05, 4.69) is 9.71 Å². The van der Waals surface area contributed by atoms with Gasteiger partial charge < -0.3 is 4.74 Å².